The van der Waals surface area contributed by atoms with Crippen LogP contribution in [-0.2, 0) is 11.8 Å². The third kappa shape index (κ3) is 3.09. The van der Waals surface area contributed by atoms with Crippen LogP contribution in [0.15, 0.2) is 6.20 Å². The molecule has 0 fully saturated rings. The number of aryl methyl sites for hydroxylation is 1. The first kappa shape index (κ1) is 14.2. The van der Waals surface area contributed by atoms with Crippen LogP contribution in [0.3, 0.4) is 0 Å². The summed E-state index contributed by atoms with van der Waals surface area (Å²) in [4.78, 5) is 24.3. The molecule has 6 nitrogen and oxygen atoms in total. The molecule has 0 aliphatic carbocycles. The lowest BCUT2D eigenvalue weighted by molar-refractivity contribution is -0.137. The largest absolute Gasteiger partial charge is 0.480 e. The van der Waals surface area contributed by atoms with E-state index in [4.69, 9.17) is 5.11 Å². The quantitative estimate of drug-likeness (QED) is 0.852. The first-order valence-electron chi connectivity index (χ1n) is 5.91. The summed E-state index contributed by atoms with van der Waals surface area (Å²) >= 11 is 0. The van der Waals surface area contributed by atoms with Gasteiger partial charge in [0.05, 0.1) is 11.3 Å². The Kier molecular flexibility index (Phi) is 4.47. The molecule has 0 aromatic carbocycles. The number of carbonyl (C=O) groups is 2. The van der Waals surface area contributed by atoms with Crippen molar-refractivity contribution in [1.29, 1.82) is 0 Å². The van der Waals surface area contributed by atoms with Crippen molar-refractivity contribution in [1.82, 2.24) is 14.7 Å². The number of likely N-dealkylation sites (N-methyl/N-ethyl adjacent to an activating group) is 1. The van der Waals surface area contributed by atoms with Crippen molar-refractivity contribution < 1.29 is 14.7 Å². The Morgan fingerprint density at radius 3 is 2.56 bits per heavy atom. The highest BCUT2D eigenvalue weighted by Gasteiger charge is 2.23. The fourth-order valence-electron chi connectivity index (χ4n) is 1.76. The zero-order chi connectivity index (χ0) is 13.9. The van der Waals surface area contributed by atoms with E-state index in [9.17, 15) is 9.59 Å². The zero-order valence-corrected chi connectivity index (χ0v) is 11.2. The van der Waals surface area contributed by atoms with E-state index in [-0.39, 0.29) is 18.4 Å². The third-order valence-electron chi connectivity index (χ3n) is 2.63. The van der Waals surface area contributed by atoms with Gasteiger partial charge in [-0.15, -0.1) is 0 Å². The second-order valence-electron chi connectivity index (χ2n) is 4.47. The first-order valence-corrected chi connectivity index (χ1v) is 5.91. The number of aromatic nitrogens is 2. The Morgan fingerprint density at radius 2 is 2.11 bits per heavy atom. The minimum Gasteiger partial charge on any atom is -0.480 e. The maximum absolute atomic E-state index is 12.3. The van der Waals surface area contributed by atoms with Crippen LogP contribution in [0.25, 0.3) is 0 Å². The second kappa shape index (κ2) is 5.66. The Hall–Kier alpha value is -1.85. The zero-order valence-electron chi connectivity index (χ0n) is 11.2. The standard InChI is InChI=1S/C12H19N3O3/c1-5-15(7-10(16)17)12(18)9-6-14(4)13-11(9)8(2)3/h6,8H,5,7H2,1-4H3,(H,16,17). The molecule has 0 atom stereocenters. The van der Waals surface area contributed by atoms with Gasteiger partial charge in [0.15, 0.2) is 0 Å². The molecule has 0 saturated heterocycles. The number of rotatable bonds is 5. The molecule has 1 rings (SSSR count). The molecular formula is C12H19N3O3. The highest BCUT2D eigenvalue weighted by Crippen LogP contribution is 2.18. The molecule has 0 unspecified atom stereocenters. The van der Waals surface area contributed by atoms with Gasteiger partial charge in [-0.05, 0) is 12.8 Å². The molecule has 1 amide bonds. The first-order chi connectivity index (χ1) is 8.36. The van der Waals surface area contributed by atoms with Crippen LogP contribution in [0, 0.1) is 0 Å². The minimum atomic E-state index is -1.01. The molecule has 0 spiro atoms. The van der Waals surface area contributed by atoms with Gasteiger partial charge in [0.1, 0.15) is 6.54 Å². The Bertz CT molecular complexity index is 451. The van der Waals surface area contributed by atoms with Gasteiger partial charge in [0.2, 0.25) is 0 Å². The molecule has 0 saturated carbocycles. The molecule has 18 heavy (non-hydrogen) atoms. The van der Waals surface area contributed by atoms with E-state index < -0.39 is 5.97 Å². The number of hydrogen-bond acceptors (Lipinski definition) is 3. The second-order valence-corrected chi connectivity index (χ2v) is 4.47. The monoisotopic (exact) mass is 253 g/mol. The van der Waals surface area contributed by atoms with E-state index in [1.54, 1.807) is 24.9 Å². The van der Waals surface area contributed by atoms with Crippen LogP contribution in [0.5, 0.6) is 0 Å². The molecule has 0 bridgehead atoms. The topological polar surface area (TPSA) is 75.4 Å². The normalized spacial score (nSPS) is 10.7. The summed E-state index contributed by atoms with van der Waals surface area (Å²) in [5.41, 5.74) is 1.18. The van der Waals surface area contributed by atoms with Gasteiger partial charge in [-0.1, -0.05) is 13.8 Å². The average Bonchev–Trinajstić information content (AvgIpc) is 2.67. The van der Waals surface area contributed by atoms with Crippen molar-refractivity contribution in [2.45, 2.75) is 26.7 Å². The highest BCUT2D eigenvalue weighted by atomic mass is 16.4. The molecule has 1 aromatic heterocycles. The highest BCUT2D eigenvalue weighted by molar-refractivity contribution is 5.96. The fraction of sp³-hybridized carbons (Fsp3) is 0.583. The van der Waals surface area contributed by atoms with Crippen molar-refractivity contribution in [2.24, 2.45) is 7.05 Å². The smallest absolute Gasteiger partial charge is 0.323 e. The molecule has 0 radical (unpaired) electrons. The molecule has 1 heterocycles. The van der Waals surface area contributed by atoms with Crippen LogP contribution in [-0.4, -0.2) is 44.8 Å². The van der Waals surface area contributed by atoms with Crippen LogP contribution >= 0.6 is 0 Å². The summed E-state index contributed by atoms with van der Waals surface area (Å²) in [6, 6.07) is 0. The molecule has 100 valence electrons. The fourth-order valence-corrected chi connectivity index (χ4v) is 1.76. The van der Waals surface area contributed by atoms with Gasteiger partial charge < -0.3 is 10.0 Å². The number of nitrogens with zero attached hydrogens (tertiary/aromatic N) is 3. The summed E-state index contributed by atoms with van der Waals surface area (Å²) in [5.74, 6) is -1.18. The van der Waals surface area contributed by atoms with Crippen LogP contribution in [0.4, 0.5) is 0 Å². The number of carboxylic acids is 1. The van der Waals surface area contributed by atoms with Gasteiger partial charge in [-0.3, -0.25) is 14.3 Å². The van der Waals surface area contributed by atoms with Gasteiger partial charge in [-0.25, -0.2) is 0 Å². The van der Waals surface area contributed by atoms with Crippen LogP contribution in [0.1, 0.15) is 42.7 Å². The molecular weight excluding hydrogens is 234 g/mol. The Balaban J connectivity index is 3.04. The van der Waals surface area contributed by atoms with Gasteiger partial charge in [0.25, 0.3) is 5.91 Å². The van der Waals surface area contributed by atoms with Crippen LogP contribution in [0.2, 0.25) is 0 Å². The summed E-state index contributed by atoms with van der Waals surface area (Å²) in [6.07, 6.45) is 1.64. The number of carbonyl (C=O) groups excluding carboxylic acids is 1. The van der Waals surface area contributed by atoms with Crippen molar-refractivity contribution in [2.75, 3.05) is 13.1 Å². The maximum Gasteiger partial charge on any atom is 0.323 e. The van der Waals surface area contributed by atoms with E-state index in [1.165, 1.54) is 4.90 Å². The molecule has 0 aliphatic rings. The summed E-state index contributed by atoms with van der Waals surface area (Å²) in [7, 11) is 1.75. The van der Waals surface area contributed by atoms with E-state index in [0.29, 0.717) is 17.8 Å². The molecule has 0 aliphatic heterocycles. The average molecular weight is 253 g/mol. The van der Waals surface area contributed by atoms with Crippen molar-refractivity contribution in [3.8, 4) is 0 Å². The van der Waals surface area contributed by atoms with Crippen molar-refractivity contribution in [3.63, 3.8) is 0 Å². The number of aliphatic carboxylic acids is 1. The van der Waals surface area contributed by atoms with Crippen LogP contribution < -0.4 is 0 Å². The summed E-state index contributed by atoms with van der Waals surface area (Å²) < 4.78 is 1.58. The van der Waals surface area contributed by atoms with E-state index in [0.717, 1.165) is 0 Å². The molecule has 6 heteroatoms. The van der Waals surface area contributed by atoms with Gasteiger partial charge >= 0.3 is 5.97 Å². The SMILES string of the molecule is CCN(CC(=O)O)C(=O)c1cn(C)nc1C(C)C. The lowest BCUT2D eigenvalue weighted by atomic mass is 10.1. The molecule has 1 aromatic rings. The summed E-state index contributed by atoms with van der Waals surface area (Å²) in [5, 5.41) is 13.0. The third-order valence-corrected chi connectivity index (χ3v) is 2.63. The van der Waals surface area contributed by atoms with Gasteiger partial charge in [0, 0.05) is 19.8 Å². The predicted molar refractivity (Wildman–Crippen MR) is 66.5 cm³/mol. The number of carboxylic acid groups (broad SMARTS) is 1. The Labute approximate surface area is 106 Å². The molecule has 1 N–H and O–H groups in total. The lowest BCUT2D eigenvalue weighted by Crippen LogP contribution is -2.35. The van der Waals surface area contributed by atoms with E-state index in [1.807, 2.05) is 13.8 Å². The number of amides is 1. The Morgan fingerprint density at radius 1 is 1.50 bits per heavy atom. The van der Waals surface area contributed by atoms with E-state index in [2.05, 4.69) is 5.10 Å². The maximum atomic E-state index is 12.3. The van der Waals surface area contributed by atoms with E-state index >= 15 is 0 Å². The summed E-state index contributed by atoms with van der Waals surface area (Å²) in [6.45, 7) is 5.73. The number of hydrogen-bond donors (Lipinski definition) is 1. The van der Waals surface area contributed by atoms with Gasteiger partial charge in [-0.2, -0.15) is 5.10 Å². The predicted octanol–water partition coefficient (Wildman–Crippen LogP) is 1.09. The van der Waals surface area contributed by atoms with Crippen molar-refractivity contribution >= 4 is 11.9 Å². The minimum absolute atomic E-state index is 0.119. The lowest BCUT2D eigenvalue weighted by Gasteiger charge is -2.18. The van der Waals surface area contributed by atoms with Crippen molar-refractivity contribution in [3.05, 3.63) is 17.5 Å².